The fraction of sp³-hybridized carbons (Fsp3) is 0.240. The Balaban J connectivity index is 0.000000868. The molecule has 0 saturated carbocycles. The molecule has 9 heteroatoms. The van der Waals surface area contributed by atoms with Crippen LogP contribution in [-0.4, -0.2) is 29.4 Å². The number of ether oxygens (including phenoxy) is 1. The van der Waals surface area contributed by atoms with Crippen molar-refractivity contribution < 1.29 is 17.5 Å². The van der Waals surface area contributed by atoms with Gasteiger partial charge in [-0.15, -0.1) is 0 Å². The minimum Gasteiger partial charge on any atom is -0.493 e. The summed E-state index contributed by atoms with van der Waals surface area (Å²) in [6.07, 6.45) is 5.24. The average Bonchev–Trinajstić information content (AvgIpc) is 3.46. The number of fused-ring (bicyclic) bond motifs is 2. The number of aromatic nitrogens is 3. The maximum atomic E-state index is 14.6. The van der Waals surface area contributed by atoms with E-state index in [1.807, 2.05) is 36.4 Å². The van der Waals surface area contributed by atoms with E-state index in [4.69, 9.17) is 13.2 Å². The van der Waals surface area contributed by atoms with Gasteiger partial charge in [-0.2, -0.15) is 13.7 Å². The molecule has 0 aliphatic carbocycles. The zero-order chi connectivity index (χ0) is 24.2. The molecular formula is C25H21FN4O3S. The van der Waals surface area contributed by atoms with E-state index in [2.05, 4.69) is 16.0 Å². The second-order valence-corrected chi connectivity index (χ2v) is 8.02. The van der Waals surface area contributed by atoms with Crippen molar-refractivity contribution in [3.05, 3.63) is 82.4 Å². The number of aryl methyl sites for hydroxylation is 3. The van der Waals surface area contributed by atoms with Gasteiger partial charge in [-0.25, -0.2) is 9.37 Å². The predicted molar refractivity (Wildman–Crippen MR) is 125 cm³/mol. The molecule has 4 aromatic rings. The molecule has 0 spiro atoms. The second-order valence-electron chi connectivity index (χ2n) is 7.88. The van der Waals surface area contributed by atoms with Crippen molar-refractivity contribution in [1.29, 1.82) is 5.26 Å². The molecule has 7 nitrogen and oxygen atoms in total. The molecule has 34 heavy (non-hydrogen) atoms. The van der Waals surface area contributed by atoms with Crippen molar-refractivity contribution in [3.63, 3.8) is 0 Å². The Hall–Kier alpha value is -3.90. The van der Waals surface area contributed by atoms with Gasteiger partial charge in [-0.1, -0.05) is 6.07 Å². The topological polar surface area (TPSA) is 97.3 Å². The zero-order valence-electron chi connectivity index (χ0n) is 18.7. The molecule has 3 aromatic heterocycles. The van der Waals surface area contributed by atoms with Crippen LogP contribution in [0.2, 0.25) is 0 Å². The summed E-state index contributed by atoms with van der Waals surface area (Å²) in [6.45, 7) is 4.50. The molecular weight excluding hydrogens is 455 g/mol. The van der Waals surface area contributed by atoms with Crippen molar-refractivity contribution >= 4 is 17.1 Å². The minimum atomic E-state index is -0.750. The summed E-state index contributed by atoms with van der Waals surface area (Å²) in [7, 11) is 0. The van der Waals surface area contributed by atoms with Gasteiger partial charge in [0.1, 0.15) is 17.6 Å². The van der Waals surface area contributed by atoms with E-state index in [9.17, 15) is 9.65 Å². The number of rotatable bonds is 4. The van der Waals surface area contributed by atoms with Crippen LogP contribution in [0.4, 0.5) is 4.39 Å². The lowest BCUT2D eigenvalue weighted by Gasteiger charge is -2.15. The number of nitriles is 1. The van der Waals surface area contributed by atoms with Crippen LogP contribution < -0.4 is 4.74 Å². The first-order valence-corrected chi connectivity index (χ1v) is 11.3. The zero-order valence-corrected chi connectivity index (χ0v) is 19.5. The highest BCUT2D eigenvalue weighted by Gasteiger charge is 2.22. The first kappa shape index (κ1) is 23.3. The lowest BCUT2D eigenvalue weighted by molar-refractivity contribution is 0.356. The number of hydrogen-bond acceptors (Lipinski definition) is 6. The first-order chi connectivity index (χ1) is 16.5. The standard InChI is InChI=1S/C25H21FN4O.O2S/c1-15-18(4-3-10-28-15)21-12-17(13-27)23(30-14-29-16(2)25(21)30)7-5-19-20-9-11-31-24(20)8-6-22(19)26;1-3-2/h3-4,6,8,10,12,14H,5,7,9,11H2,1-2H3;. The van der Waals surface area contributed by atoms with Crippen LogP contribution in [0.1, 0.15) is 33.8 Å². The molecule has 0 N–H and O–H groups in total. The Morgan fingerprint density at radius 1 is 1.15 bits per heavy atom. The number of halogens is 1. The molecule has 1 aromatic carbocycles. The summed E-state index contributed by atoms with van der Waals surface area (Å²) >= 11 is -0.750. The quantitative estimate of drug-likeness (QED) is 0.440. The van der Waals surface area contributed by atoms with E-state index in [0.29, 0.717) is 37.0 Å². The Morgan fingerprint density at radius 2 is 1.94 bits per heavy atom. The van der Waals surface area contributed by atoms with Gasteiger partial charge in [-0.3, -0.25) is 4.98 Å². The van der Waals surface area contributed by atoms with E-state index < -0.39 is 11.6 Å². The van der Waals surface area contributed by atoms with E-state index in [-0.39, 0.29) is 5.82 Å². The summed E-state index contributed by atoms with van der Waals surface area (Å²) in [5.41, 5.74) is 7.64. The van der Waals surface area contributed by atoms with Gasteiger partial charge >= 0.3 is 11.6 Å². The molecule has 4 heterocycles. The molecule has 1 aliphatic rings. The van der Waals surface area contributed by atoms with E-state index >= 15 is 0 Å². The third-order valence-corrected chi connectivity index (χ3v) is 6.07. The molecule has 0 atom stereocenters. The molecule has 172 valence electrons. The van der Waals surface area contributed by atoms with Crippen molar-refractivity contribution in [1.82, 2.24) is 14.4 Å². The van der Waals surface area contributed by atoms with Gasteiger partial charge in [-0.05, 0) is 56.5 Å². The maximum Gasteiger partial charge on any atom is 0.335 e. The SMILES string of the molecule is Cc1ncccc1-c1cc(C#N)c(CCc2c(F)ccc3c2CCO3)n2cnc(C)c12.O=S=O. The molecule has 1 aliphatic heterocycles. The van der Waals surface area contributed by atoms with Gasteiger partial charge in [0.25, 0.3) is 0 Å². The first-order valence-electron chi connectivity index (χ1n) is 10.7. The van der Waals surface area contributed by atoms with Crippen LogP contribution in [0.25, 0.3) is 16.6 Å². The highest BCUT2D eigenvalue weighted by atomic mass is 32.1. The highest BCUT2D eigenvalue weighted by molar-refractivity contribution is 7.51. The fourth-order valence-electron chi connectivity index (χ4n) is 4.55. The van der Waals surface area contributed by atoms with Crippen molar-refractivity contribution in [2.45, 2.75) is 33.1 Å². The van der Waals surface area contributed by atoms with Gasteiger partial charge < -0.3 is 9.14 Å². The van der Waals surface area contributed by atoms with Gasteiger partial charge in [0, 0.05) is 40.7 Å². The lowest BCUT2D eigenvalue weighted by Crippen LogP contribution is -2.07. The summed E-state index contributed by atoms with van der Waals surface area (Å²) in [5, 5.41) is 9.94. The molecule has 0 radical (unpaired) electrons. The summed E-state index contributed by atoms with van der Waals surface area (Å²) in [5.74, 6) is 0.548. The van der Waals surface area contributed by atoms with E-state index in [1.54, 1.807) is 18.6 Å². The highest BCUT2D eigenvalue weighted by Crippen LogP contribution is 2.34. The number of benzene rings is 1. The Labute approximate surface area is 199 Å². The van der Waals surface area contributed by atoms with E-state index in [0.717, 1.165) is 45.0 Å². The number of nitrogens with zero attached hydrogens (tertiary/aromatic N) is 4. The Kier molecular flexibility index (Phi) is 6.80. The normalized spacial score (nSPS) is 11.8. The van der Waals surface area contributed by atoms with Gasteiger partial charge in [0.15, 0.2) is 0 Å². The second kappa shape index (κ2) is 9.93. The summed E-state index contributed by atoms with van der Waals surface area (Å²) in [6, 6.07) is 11.3. The van der Waals surface area contributed by atoms with Crippen LogP contribution in [0.5, 0.6) is 5.75 Å². The molecule has 0 fully saturated rings. The summed E-state index contributed by atoms with van der Waals surface area (Å²) in [4.78, 5) is 8.92. The molecule has 0 saturated heterocycles. The van der Waals surface area contributed by atoms with Crippen LogP contribution in [0.15, 0.2) is 42.9 Å². The Bertz CT molecular complexity index is 1470. The Morgan fingerprint density at radius 3 is 2.68 bits per heavy atom. The van der Waals surface area contributed by atoms with Crippen molar-refractivity contribution in [2.24, 2.45) is 0 Å². The van der Waals surface area contributed by atoms with Crippen LogP contribution in [0.3, 0.4) is 0 Å². The number of imidazole rings is 1. The number of pyridine rings is 2. The lowest BCUT2D eigenvalue weighted by atomic mass is 9.95. The third-order valence-electron chi connectivity index (χ3n) is 6.07. The molecule has 0 unspecified atom stereocenters. The van der Waals surface area contributed by atoms with Gasteiger partial charge in [0.05, 0.1) is 29.7 Å². The van der Waals surface area contributed by atoms with E-state index in [1.165, 1.54) is 6.07 Å². The van der Waals surface area contributed by atoms with Crippen LogP contribution in [0, 0.1) is 31.0 Å². The maximum absolute atomic E-state index is 14.6. The summed E-state index contributed by atoms with van der Waals surface area (Å²) < 4.78 is 38.8. The molecule has 0 bridgehead atoms. The fourth-order valence-corrected chi connectivity index (χ4v) is 4.55. The van der Waals surface area contributed by atoms with Crippen molar-refractivity contribution in [2.75, 3.05) is 6.61 Å². The van der Waals surface area contributed by atoms with Crippen molar-refractivity contribution in [3.8, 4) is 22.9 Å². The minimum absolute atomic E-state index is 0.219. The average molecular weight is 477 g/mol. The van der Waals surface area contributed by atoms with Gasteiger partial charge in [0.2, 0.25) is 0 Å². The largest absolute Gasteiger partial charge is 0.493 e. The van der Waals surface area contributed by atoms with Crippen LogP contribution in [-0.2, 0) is 30.8 Å². The molecule has 5 rings (SSSR count). The van der Waals surface area contributed by atoms with Crippen LogP contribution >= 0.6 is 0 Å². The third kappa shape index (κ3) is 4.20. The predicted octanol–water partition coefficient (Wildman–Crippen LogP) is 4.07. The monoisotopic (exact) mass is 476 g/mol. The number of hydrogen-bond donors (Lipinski definition) is 0. The smallest absolute Gasteiger partial charge is 0.335 e. The molecule has 0 amide bonds.